The molecule has 0 saturated carbocycles. The van der Waals surface area contributed by atoms with Gasteiger partial charge in [0.25, 0.3) is 15.9 Å². The third kappa shape index (κ3) is 4.14. The number of carbonyl (C=O) groups excluding carboxylic acids is 1. The average molecular weight is 453 g/mol. The lowest BCUT2D eigenvalue weighted by atomic mass is 10.3. The zero-order chi connectivity index (χ0) is 20.6. The van der Waals surface area contributed by atoms with Crippen molar-refractivity contribution >= 4 is 44.6 Å². The van der Waals surface area contributed by atoms with Gasteiger partial charge >= 0.3 is 11.8 Å². The molecule has 1 aliphatic heterocycles. The number of hydrogen-bond donors (Lipinski definition) is 1. The molecule has 3 heterocycles. The van der Waals surface area contributed by atoms with Crippen molar-refractivity contribution in [1.29, 1.82) is 0 Å². The largest absolute Gasteiger partial charge is 0.411 e. The van der Waals surface area contributed by atoms with Gasteiger partial charge < -0.3 is 9.32 Å². The third-order valence-electron chi connectivity index (χ3n) is 4.45. The lowest BCUT2D eigenvalue weighted by Crippen LogP contribution is -2.27. The van der Waals surface area contributed by atoms with Crippen molar-refractivity contribution in [3.05, 3.63) is 46.1 Å². The third-order valence-corrected chi connectivity index (χ3v) is 7.36. The molecule has 1 amide bonds. The summed E-state index contributed by atoms with van der Waals surface area (Å²) >= 11 is 7.12. The molecule has 11 heteroatoms. The van der Waals surface area contributed by atoms with Gasteiger partial charge in [-0.15, -0.1) is 21.5 Å². The predicted octanol–water partition coefficient (Wildman–Crippen LogP) is 3.80. The van der Waals surface area contributed by atoms with Crippen LogP contribution < -0.4 is 4.72 Å². The predicted molar refractivity (Wildman–Crippen MR) is 110 cm³/mol. The molecule has 3 aromatic rings. The van der Waals surface area contributed by atoms with Crippen molar-refractivity contribution in [2.24, 2.45) is 0 Å². The molecular formula is C18H17ClN4O4S2. The summed E-state index contributed by atoms with van der Waals surface area (Å²) in [7, 11) is -3.83. The van der Waals surface area contributed by atoms with E-state index in [4.69, 9.17) is 16.0 Å². The molecule has 0 atom stereocenters. The van der Waals surface area contributed by atoms with Crippen molar-refractivity contribution in [3.8, 4) is 10.8 Å². The van der Waals surface area contributed by atoms with E-state index in [1.165, 1.54) is 23.5 Å². The molecular weight excluding hydrogens is 436 g/mol. The molecule has 2 aromatic heterocycles. The highest BCUT2D eigenvalue weighted by molar-refractivity contribution is 7.93. The monoisotopic (exact) mass is 452 g/mol. The number of nitrogens with zero attached hydrogens (tertiary/aromatic N) is 3. The zero-order valence-electron chi connectivity index (χ0n) is 15.4. The number of aromatic nitrogens is 2. The number of amides is 1. The first-order valence-electron chi connectivity index (χ1n) is 8.85. The summed E-state index contributed by atoms with van der Waals surface area (Å²) in [4.78, 5) is 15.2. The second kappa shape index (κ2) is 7.77. The van der Waals surface area contributed by atoms with Crippen molar-refractivity contribution in [2.75, 3.05) is 17.8 Å². The summed E-state index contributed by atoms with van der Waals surface area (Å²) in [5.74, 6) is -0.274. The molecule has 1 aromatic carbocycles. The average Bonchev–Trinajstić information content (AvgIpc) is 3.41. The maximum absolute atomic E-state index is 12.8. The quantitative estimate of drug-likeness (QED) is 0.631. The number of nitrogens with one attached hydrogen (secondary N) is 1. The highest BCUT2D eigenvalue weighted by atomic mass is 35.5. The van der Waals surface area contributed by atoms with E-state index in [0.29, 0.717) is 33.6 Å². The molecule has 152 valence electrons. The molecule has 1 fully saturated rings. The van der Waals surface area contributed by atoms with Crippen LogP contribution in [0, 0.1) is 6.92 Å². The highest BCUT2D eigenvalue weighted by Gasteiger charge is 2.27. The van der Waals surface area contributed by atoms with Crippen LogP contribution in [0.25, 0.3) is 10.8 Å². The van der Waals surface area contributed by atoms with Gasteiger partial charge in [0.1, 0.15) is 4.90 Å². The summed E-state index contributed by atoms with van der Waals surface area (Å²) in [6.45, 7) is 3.03. The van der Waals surface area contributed by atoms with Crippen molar-refractivity contribution in [3.63, 3.8) is 0 Å². The van der Waals surface area contributed by atoms with E-state index in [9.17, 15) is 13.2 Å². The van der Waals surface area contributed by atoms with E-state index < -0.39 is 10.0 Å². The number of halogens is 1. The fraction of sp³-hybridized carbons (Fsp3) is 0.278. The fourth-order valence-electron chi connectivity index (χ4n) is 3.06. The molecule has 4 rings (SSSR count). The van der Waals surface area contributed by atoms with Gasteiger partial charge in [-0.1, -0.05) is 17.7 Å². The Morgan fingerprint density at radius 3 is 2.72 bits per heavy atom. The van der Waals surface area contributed by atoms with E-state index in [2.05, 4.69) is 14.9 Å². The van der Waals surface area contributed by atoms with Gasteiger partial charge in [-0.25, -0.2) is 8.42 Å². The lowest BCUT2D eigenvalue weighted by Gasteiger charge is -2.11. The summed E-state index contributed by atoms with van der Waals surface area (Å²) in [5, 5.41) is 8.18. The zero-order valence-corrected chi connectivity index (χ0v) is 17.8. The van der Waals surface area contributed by atoms with Crippen LogP contribution in [0.4, 0.5) is 5.69 Å². The van der Waals surface area contributed by atoms with Gasteiger partial charge in [-0.3, -0.25) is 9.52 Å². The Labute approximate surface area is 176 Å². The first kappa shape index (κ1) is 19.9. The summed E-state index contributed by atoms with van der Waals surface area (Å²) < 4.78 is 33.6. The van der Waals surface area contributed by atoms with E-state index in [0.717, 1.165) is 12.8 Å². The summed E-state index contributed by atoms with van der Waals surface area (Å²) in [6.07, 6.45) is 1.91. The van der Waals surface area contributed by atoms with Crippen LogP contribution in [0.3, 0.4) is 0 Å². The Morgan fingerprint density at radius 2 is 2.00 bits per heavy atom. The minimum atomic E-state index is -3.83. The van der Waals surface area contributed by atoms with Crippen LogP contribution in [-0.4, -0.2) is 42.5 Å². The maximum Gasteiger partial charge on any atom is 0.311 e. The molecule has 1 saturated heterocycles. The van der Waals surface area contributed by atoms with Gasteiger partial charge in [0.2, 0.25) is 0 Å². The van der Waals surface area contributed by atoms with Crippen LogP contribution >= 0.6 is 22.9 Å². The molecule has 29 heavy (non-hydrogen) atoms. The SMILES string of the molecule is Cc1sc(-c2nnc(C(=O)N3CCCC3)o2)cc1S(=O)(=O)Nc1cccc(Cl)c1. The Morgan fingerprint density at radius 1 is 1.24 bits per heavy atom. The number of rotatable bonds is 5. The van der Waals surface area contributed by atoms with Gasteiger partial charge in [0.05, 0.1) is 10.6 Å². The van der Waals surface area contributed by atoms with E-state index in [1.807, 2.05) is 0 Å². The molecule has 1 N–H and O–H groups in total. The number of benzene rings is 1. The second-order valence-electron chi connectivity index (χ2n) is 6.56. The molecule has 0 radical (unpaired) electrons. The molecule has 0 bridgehead atoms. The van der Waals surface area contributed by atoms with E-state index >= 15 is 0 Å². The van der Waals surface area contributed by atoms with Crippen molar-refractivity contribution < 1.29 is 17.6 Å². The minimum absolute atomic E-state index is 0.0885. The highest BCUT2D eigenvalue weighted by Crippen LogP contribution is 2.34. The van der Waals surface area contributed by atoms with Gasteiger partial charge in [-0.05, 0) is 44.0 Å². The molecule has 0 aliphatic carbocycles. The molecule has 0 unspecified atom stereocenters. The maximum atomic E-state index is 12.8. The molecule has 0 spiro atoms. The standard InChI is InChI=1S/C18H17ClN4O4S2/c1-11-15(29(25,26)22-13-6-4-5-12(19)9-13)10-14(28-11)16-20-21-17(27-16)18(24)23-7-2-3-8-23/h4-6,9-10,22H,2-3,7-8H2,1H3. The summed E-state index contributed by atoms with van der Waals surface area (Å²) in [5.41, 5.74) is 0.362. The van der Waals surface area contributed by atoms with Gasteiger partial charge in [0.15, 0.2) is 0 Å². The van der Waals surface area contributed by atoms with Gasteiger partial charge in [0, 0.05) is 23.0 Å². The normalized spacial score (nSPS) is 14.3. The van der Waals surface area contributed by atoms with Crippen LogP contribution in [0.2, 0.25) is 5.02 Å². The number of sulfonamides is 1. The van der Waals surface area contributed by atoms with Crippen LogP contribution in [-0.2, 0) is 10.0 Å². The van der Waals surface area contributed by atoms with Gasteiger partial charge in [-0.2, -0.15) is 0 Å². The van der Waals surface area contributed by atoms with Crippen LogP contribution in [0.15, 0.2) is 39.6 Å². The first-order valence-corrected chi connectivity index (χ1v) is 11.5. The number of carbonyl (C=O) groups is 1. The first-order chi connectivity index (χ1) is 13.8. The fourth-order valence-corrected chi connectivity index (χ4v) is 5.82. The van der Waals surface area contributed by atoms with Crippen molar-refractivity contribution in [1.82, 2.24) is 15.1 Å². The number of anilines is 1. The summed E-state index contributed by atoms with van der Waals surface area (Å²) in [6, 6.07) is 7.91. The Hall–Kier alpha value is -2.43. The van der Waals surface area contributed by atoms with Crippen LogP contribution in [0.1, 0.15) is 28.4 Å². The lowest BCUT2D eigenvalue weighted by molar-refractivity contribution is 0.0754. The second-order valence-corrected chi connectivity index (χ2v) is 9.90. The van der Waals surface area contributed by atoms with Crippen molar-refractivity contribution in [2.45, 2.75) is 24.7 Å². The number of hydrogen-bond acceptors (Lipinski definition) is 7. The Kier molecular flexibility index (Phi) is 5.32. The number of thiophene rings is 1. The molecule has 8 nitrogen and oxygen atoms in total. The smallest absolute Gasteiger partial charge is 0.311 e. The van der Waals surface area contributed by atoms with Crippen LogP contribution in [0.5, 0.6) is 0 Å². The topological polar surface area (TPSA) is 105 Å². The van der Waals surface area contributed by atoms with E-state index in [-0.39, 0.29) is 22.6 Å². The Bertz CT molecular complexity index is 1170. The van der Waals surface area contributed by atoms with E-state index in [1.54, 1.807) is 30.0 Å². The molecule has 1 aliphatic rings. The Balaban J connectivity index is 1.58. The number of aryl methyl sites for hydroxylation is 1. The minimum Gasteiger partial charge on any atom is -0.411 e. The number of likely N-dealkylation sites (tertiary alicyclic amines) is 1.